The van der Waals surface area contributed by atoms with Crippen molar-refractivity contribution in [2.24, 2.45) is 0 Å². The van der Waals surface area contributed by atoms with Gasteiger partial charge in [0, 0.05) is 50.7 Å². The lowest BCUT2D eigenvalue weighted by molar-refractivity contribution is -0.164. The summed E-state index contributed by atoms with van der Waals surface area (Å²) >= 11 is 11.7. The van der Waals surface area contributed by atoms with Crippen molar-refractivity contribution in [3.63, 3.8) is 0 Å². The topological polar surface area (TPSA) is 134 Å². The first-order valence-corrected chi connectivity index (χ1v) is 16.4. The number of hydrogen-bond donors (Lipinski definition) is 2. The van der Waals surface area contributed by atoms with Crippen LogP contribution in [0.2, 0.25) is 0 Å². The summed E-state index contributed by atoms with van der Waals surface area (Å²) in [6, 6.07) is 10.5. The fourth-order valence-corrected chi connectivity index (χ4v) is 6.01. The molecular formula is C32H44N8O6S2. The molecule has 48 heavy (non-hydrogen) atoms. The van der Waals surface area contributed by atoms with E-state index in [1.54, 1.807) is 86.8 Å². The van der Waals surface area contributed by atoms with Crippen molar-refractivity contribution in [1.82, 2.24) is 40.2 Å². The highest BCUT2D eigenvalue weighted by atomic mass is 32.1. The number of hydrogen-bond acceptors (Lipinski definition) is 14. The Labute approximate surface area is 292 Å². The summed E-state index contributed by atoms with van der Waals surface area (Å²) in [7, 11) is 6.91. The first-order chi connectivity index (χ1) is 23.1. The van der Waals surface area contributed by atoms with Crippen LogP contribution in [0.25, 0.3) is 0 Å². The lowest BCUT2D eigenvalue weighted by atomic mass is 10.1. The summed E-state index contributed by atoms with van der Waals surface area (Å²) in [5.41, 5.74) is -2.39. The van der Waals surface area contributed by atoms with Gasteiger partial charge >= 0.3 is 11.9 Å². The Balaban J connectivity index is 1.54. The summed E-state index contributed by atoms with van der Waals surface area (Å²) in [6.07, 6.45) is 5.18. The van der Waals surface area contributed by atoms with Crippen LogP contribution in [-0.4, -0.2) is 146 Å². The summed E-state index contributed by atoms with van der Waals surface area (Å²) in [5, 5.41) is 6.47. The molecule has 2 aliphatic rings. The molecule has 4 rings (SSSR count). The van der Waals surface area contributed by atoms with E-state index in [4.69, 9.17) is 43.4 Å². The Morgan fingerprint density at radius 3 is 1.44 bits per heavy atom. The van der Waals surface area contributed by atoms with Crippen LogP contribution in [0.3, 0.4) is 0 Å². The highest BCUT2D eigenvalue weighted by molar-refractivity contribution is 7.80. The maximum atomic E-state index is 13.5. The quantitative estimate of drug-likeness (QED) is 0.124. The van der Waals surface area contributed by atoms with Gasteiger partial charge in [-0.3, -0.25) is 29.6 Å². The Bertz CT molecular complexity index is 1300. The number of ether oxygens (including phenoxy) is 4. The van der Waals surface area contributed by atoms with E-state index in [0.717, 1.165) is 38.3 Å². The van der Waals surface area contributed by atoms with Gasteiger partial charge in [0.15, 0.2) is 0 Å². The van der Waals surface area contributed by atoms with Crippen LogP contribution in [0.1, 0.15) is 11.4 Å². The average molecular weight is 701 g/mol. The number of carbonyl (C=O) groups is 2. The number of thiocarbonyl (C=S) groups is 2. The molecule has 2 aliphatic heterocycles. The van der Waals surface area contributed by atoms with Gasteiger partial charge in [-0.05, 0) is 52.5 Å². The minimum atomic E-state index is -1.58. The minimum Gasteiger partial charge on any atom is -0.427 e. The lowest BCUT2D eigenvalue weighted by Gasteiger charge is -2.39. The van der Waals surface area contributed by atoms with Crippen molar-refractivity contribution >= 4 is 46.4 Å². The molecule has 2 fully saturated rings. The molecule has 2 atom stereocenters. The molecule has 0 amide bonds. The van der Waals surface area contributed by atoms with E-state index in [2.05, 4.69) is 30.4 Å². The van der Waals surface area contributed by atoms with Crippen molar-refractivity contribution in [2.75, 3.05) is 94.1 Å². The smallest absolute Gasteiger partial charge is 0.333 e. The second-order valence-corrected chi connectivity index (χ2v) is 12.3. The number of carbonyl (C=O) groups excluding carboxylic acids is 2. The molecule has 0 saturated carbocycles. The fraction of sp³-hybridized carbons (Fsp3) is 0.500. The molecule has 260 valence electrons. The molecule has 14 nitrogen and oxygen atoms in total. The molecule has 0 aromatic carbocycles. The number of rotatable bonds is 14. The van der Waals surface area contributed by atoms with Gasteiger partial charge in [0.25, 0.3) is 11.4 Å². The molecule has 2 saturated heterocycles. The largest absolute Gasteiger partial charge is 0.427 e. The van der Waals surface area contributed by atoms with E-state index in [1.165, 1.54) is 0 Å². The van der Waals surface area contributed by atoms with Gasteiger partial charge in [0.1, 0.15) is 21.4 Å². The van der Waals surface area contributed by atoms with Gasteiger partial charge in [0.2, 0.25) is 0 Å². The Hall–Kier alpha value is -3.48. The summed E-state index contributed by atoms with van der Waals surface area (Å²) in [4.78, 5) is 43.9. The van der Waals surface area contributed by atoms with Gasteiger partial charge in [-0.15, -0.1) is 0 Å². The first kappa shape index (κ1) is 37.3. The van der Waals surface area contributed by atoms with Crippen LogP contribution in [0.4, 0.5) is 0 Å². The number of pyridine rings is 2. The molecule has 2 aromatic rings. The van der Waals surface area contributed by atoms with Crippen LogP contribution in [0.15, 0.2) is 60.9 Å². The summed E-state index contributed by atoms with van der Waals surface area (Å²) < 4.78 is 23.0. The number of esters is 2. The third-order valence-electron chi connectivity index (χ3n) is 7.89. The van der Waals surface area contributed by atoms with E-state index in [1.807, 2.05) is 0 Å². The highest BCUT2D eigenvalue weighted by Gasteiger charge is 2.46. The van der Waals surface area contributed by atoms with E-state index >= 15 is 0 Å². The van der Waals surface area contributed by atoms with Crippen LogP contribution in [-0.2, 0) is 40.0 Å². The predicted molar refractivity (Wildman–Crippen MR) is 187 cm³/mol. The average Bonchev–Trinajstić information content (AvgIpc) is 3.11. The minimum absolute atomic E-state index is 0.223. The van der Waals surface area contributed by atoms with E-state index in [0.29, 0.717) is 51.2 Å². The van der Waals surface area contributed by atoms with E-state index in [9.17, 15) is 9.59 Å². The number of nitrogens with zero attached hydrogens (tertiary/aromatic N) is 6. The number of likely N-dealkylation sites (N-methyl/N-ethyl adjacent to an activating group) is 2. The van der Waals surface area contributed by atoms with Gasteiger partial charge in [-0.2, -0.15) is 0 Å². The van der Waals surface area contributed by atoms with Gasteiger partial charge in [0.05, 0.1) is 39.8 Å². The van der Waals surface area contributed by atoms with Crippen LogP contribution >= 0.6 is 24.4 Å². The molecule has 0 spiro atoms. The van der Waals surface area contributed by atoms with Crippen LogP contribution in [0, 0.1) is 0 Å². The van der Waals surface area contributed by atoms with Gasteiger partial charge < -0.3 is 29.6 Å². The summed E-state index contributed by atoms with van der Waals surface area (Å²) in [6.45, 7) is 6.25. The Morgan fingerprint density at radius 2 is 1.12 bits per heavy atom. The Morgan fingerprint density at radius 1 is 0.750 bits per heavy atom. The van der Waals surface area contributed by atoms with Crippen molar-refractivity contribution in [3.8, 4) is 0 Å². The van der Waals surface area contributed by atoms with Crippen molar-refractivity contribution in [3.05, 3.63) is 72.3 Å². The Kier molecular flexibility index (Phi) is 13.8. The first-order valence-electron chi connectivity index (χ1n) is 15.6. The van der Waals surface area contributed by atoms with E-state index in [-0.39, 0.29) is 9.98 Å². The highest BCUT2D eigenvalue weighted by Crippen LogP contribution is 2.30. The van der Waals surface area contributed by atoms with E-state index < -0.39 is 23.4 Å². The molecule has 0 aliphatic carbocycles. The predicted octanol–water partition coefficient (Wildman–Crippen LogP) is 0.662. The van der Waals surface area contributed by atoms with Crippen LogP contribution in [0.5, 0.6) is 0 Å². The molecule has 4 heterocycles. The zero-order chi connectivity index (χ0) is 34.6. The maximum absolute atomic E-state index is 13.5. The lowest BCUT2D eigenvalue weighted by Crippen LogP contribution is -2.58. The monoisotopic (exact) mass is 700 g/mol. The SMILES string of the molecule is CN(C)C(OC(=O)/C=C\C(=O)OC(C(=S)NCN1CCOCC1)(c1ccccn1)N(C)C)(C(=S)NCN1CCOCC1)c1ccccn1. The zero-order valence-electron chi connectivity index (χ0n) is 27.8. The number of morpholine rings is 2. The molecule has 0 radical (unpaired) electrons. The molecule has 2 unspecified atom stereocenters. The number of nitrogens with one attached hydrogen (secondary N) is 2. The molecular weight excluding hydrogens is 657 g/mol. The maximum Gasteiger partial charge on any atom is 0.333 e. The van der Waals surface area contributed by atoms with Gasteiger partial charge in [-0.25, -0.2) is 9.59 Å². The fourth-order valence-electron chi connectivity index (χ4n) is 5.22. The molecule has 2 aromatic heterocycles. The molecule has 16 heteroatoms. The third-order valence-corrected chi connectivity index (χ3v) is 8.73. The number of aromatic nitrogens is 2. The van der Waals surface area contributed by atoms with Crippen LogP contribution < -0.4 is 10.6 Å². The second kappa shape index (κ2) is 17.8. The molecule has 2 N–H and O–H groups in total. The summed E-state index contributed by atoms with van der Waals surface area (Å²) in [5.74, 6) is -1.69. The molecule has 0 bridgehead atoms. The normalized spacial score (nSPS) is 18.5. The second-order valence-electron chi connectivity index (χ2n) is 11.5. The van der Waals surface area contributed by atoms with Gasteiger partial charge in [-0.1, -0.05) is 36.6 Å². The van der Waals surface area contributed by atoms with Crippen molar-refractivity contribution in [2.45, 2.75) is 11.4 Å². The zero-order valence-corrected chi connectivity index (χ0v) is 29.4. The standard InChI is InChI=1S/C32H44N8O6S2/c1-37(2)31(25-9-5-7-13-33-25,29(47)35-23-39-15-19-43-20-16-39)45-27(41)11-12-28(42)46-32(38(3)4,26-10-6-8-14-34-26)30(48)36-24-40-17-21-44-22-18-40/h5-14H,15-24H2,1-4H3,(H,35,47)(H,36,48)/b12-11-. The van der Waals surface area contributed by atoms with Crippen molar-refractivity contribution in [1.29, 1.82) is 0 Å². The van der Waals surface area contributed by atoms with Crippen molar-refractivity contribution < 1.29 is 28.5 Å². The third kappa shape index (κ3) is 9.15.